The number of hydrogen-bond acceptors (Lipinski definition) is 3. The highest BCUT2D eigenvalue weighted by Crippen LogP contribution is 2.26. The molecule has 0 saturated carbocycles. The Morgan fingerprint density at radius 2 is 1.68 bits per heavy atom. The Hall–Kier alpha value is -3.39. The average Bonchev–Trinajstić information content (AvgIpc) is 3.03. The van der Waals surface area contributed by atoms with Crippen molar-refractivity contribution < 1.29 is 15.0 Å². The fourth-order valence-electron chi connectivity index (χ4n) is 2.53. The molecule has 0 amide bonds. The Balaban J connectivity index is 2.09. The van der Waals surface area contributed by atoms with E-state index in [2.05, 4.69) is 6.07 Å². The summed E-state index contributed by atoms with van der Waals surface area (Å²) >= 11 is 0. The molecule has 0 unspecified atom stereocenters. The predicted octanol–water partition coefficient (Wildman–Crippen LogP) is 1.01. The molecule has 116 valence electrons. The lowest BCUT2D eigenvalue weighted by molar-refractivity contribution is 0.0697. The summed E-state index contributed by atoms with van der Waals surface area (Å²) in [7, 11) is 11.5. The third-order valence-electron chi connectivity index (χ3n) is 3.84. The van der Waals surface area contributed by atoms with Crippen molar-refractivity contribution in [2.75, 3.05) is 0 Å². The first-order valence-electron chi connectivity index (χ1n) is 7.25. The topological polar surface area (TPSA) is 86.3 Å². The minimum atomic E-state index is -1.01. The number of phenolic OH excluding ortho intramolecular Hbond substituents is 1. The minimum absolute atomic E-state index is 0.123. The van der Waals surface area contributed by atoms with Crippen LogP contribution in [0.25, 0.3) is 16.8 Å². The lowest BCUT2D eigenvalue weighted by Crippen LogP contribution is -2.15. The van der Waals surface area contributed by atoms with Crippen LogP contribution in [0.4, 0.5) is 0 Å². The third-order valence-corrected chi connectivity index (χ3v) is 3.84. The molecule has 4 radical (unpaired) electrons. The summed E-state index contributed by atoms with van der Waals surface area (Å²) in [6.45, 7) is 0. The Morgan fingerprint density at radius 3 is 2.20 bits per heavy atom. The smallest absolute Gasteiger partial charge is 0.335 e. The number of carboxylic acid groups (broad SMARTS) is 1. The van der Waals surface area contributed by atoms with Gasteiger partial charge in [0, 0.05) is 23.6 Å². The molecule has 1 heterocycles. The normalized spacial score (nSPS) is 10.4. The maximum Gasteiger partial charge on any atom is 0.335 e. The predicted molar refractivity (Wildman–Crippen MR) is 95.3 cm³/mol. The van der Waals surface area contributed by atoms with E-state index in [1.807, 2.05) is 0 Å². The largest absolute Gasteiger partial charge is 0.509 e. The van der Waals surface area contributed by atoms with Crippen LogP contribution >= 0.6 is 0 Å². The zero-order valence-electron chi connectivity index (χ0n) is 13.0. The second-order valence-electron chi connectivity index (χ2n) is 5.46. The van der Waals surface area contributed by atoms with E-state index in [9.17, 15) is 15.2 Å². The first-order valence-corrected chi connectivity index (χ1v) is 7.25. The average molecular weight is 324 g/mol. The van der Waals surface area contributed by atoms with Crippen molar-refractivity contribution in [3.8, 4) is 28.6 Å². The first kappa shape index (κ1) is 16.5. The molecular weight excluding hydrogens is 314 g/mol. The summed E-state index contributed by atoms with van der Waals surface area (Å²) in [6.07, 6.45) is 3.35. The number of rotatable bonds is 3. The van der Waals surface area contributed by atoms with E-state index in [1.54, 1.807) is 41.2 Å². The Bertz CT molecular complexity index is 995. The van der Waals surface area contributed by atoms with Crippen molar-refractivity contribution in [3.05, 3.63) is 59.9 Å². The fraction of sp³-hybridized carbons (Fsp3) is 0. The van der Waals surface area contributed by atoms with Crippen LogP contribution in [0.1, 0.15) is 15.9 Å². The van der Waals surface area contributed by atoms with Crippen molar-refractivity contribution in [2.45, 2.75) is 0 Å². The number of nitrogens with zero attached hydrogens (tertiary/aromatic N) is 2. The molecule has 0 fully saturated rings. The zero-order chi connectivity index (χ0) is 18.1. The van der Waals surface area contributed by atoms with Gasteiger partial charge in [-0.1, -0.05) is 23.1 Å². The van der Waals surface area contributed by atoms with E-state index < -0.39 is 5.97 Å². The van der Waals surface area contributed by atoms with Crippen molar-refractivity contribution in [2.24, 2.45) is 0 Å². The molecule has 0 bridgehead atoms. The standard InChI is InChI=1S/C18H10B2N2O3/c19-15-5-11(6-16(20)17(15)23)14-9-22(8-12(14)7-21)13-3-1-10(2-4-13)18(24)25/h1-6,8-9,23H,(H,24,25). The quantitative estimate of drug-likeness (QED) is 0.704. The second-order valence-corrected chi connectivity index (χ2v) is 5.46. The van der Waals surface area contributed by atoms with E-state index in [0.29, 0.717) is 22.4 Å². The van der Waals surface area contributed by atoms with E-state index in [1.165, 1.54) is 12.1 Å². The van der Waals surface area contributed by atoms with Gasteiger partial charge in [-0.3, -0.25) is 0 Å². The lowest BCUT2D eigenvalue weighted by atomic mass is 9.82. The van der Waals surface area contributed by atoms with Crippen molar-refractivity contribution in [1.29, 1.82) is 5.26 Å². The van der Waals surface area contributed by atoms with Gasteiger partial charge in [0.05, 0.1) is 11.1 Å². The minimum Gasteiger partial charge on any atom is -0.509 e. The zero-order valence-corrected chi connectivity index (χ0v) is 13.0. The van der Waals surface area contributed by atoms with Gasteiger partial charge in [0.25, 0.3) is 0 Å². The molecular formula is C18H10B2N2O3. The Kier molecular flexibility index (Phi) is 4.12. The number of carbonyl (C=O) groups is 1. The lowest BCUT2D eigenvalue weighted by Gasteiger charge is -2.08. The maximum absolute atomic E-state index is 10.9. The number of hydrogen-bond donors (Lipinski definition) is 2. The molecule has 5 nitrogen and oxygen atoms in total. The molecule has 3 rings (SSSR count). The highest BCUT2D eigenvalue weighted by molar-refractivity contribution is 6.41. The first-order chi connectivity index (χ1) is 11.9. The van der Waals surface area contributed by atoms with Crippen molar-refractivity contribution in [3.63, 3.8) is 0 Å². The summed E-state index contributed by atoms with van der Waals surface area (Å²) in [5, 5.41) is 28.0. The molecule has 0 atom stereocenters. The molecule has 7 heteroatoms. The van der Waals surface area contributed by atoms with Gasteiger partial charge in [0.2, 0.25) is 0 Å². The van der Waals surface area contributed by atoms with E-state index in [4.69, 9.17) is 20.8 Å². The molecule has 0 aliphatic heterocycles. The van der Waals surface area contributed by atoms with Gasteiger partial charge >= 0.3 is 5.97 Å². The van der Waals surface area contributed by atoms with Crippen LogP contribution in [-0.2, 0) is 0 Å². The monoisotopic (exact) mass is 324 g/mol. The number of aromatic hydroxyl groups is 1. The molecule has 0 aliphatic carbocycles. The van der Waals surface area contributed by atoms with Gasteiger partial charge < -0.3 is 14.8 Å². The number of nitriles is 1. The molecule has 2 aromatic carbocycles. The van der Waals surface area contributed by atoms with Crippen LogP contribution in [0.3, 0.4) is 0 Å². The summed E-state index contributed by atoms with van der Waals surface area (Å²) < 4.78 is 1.71. The highest BCUT2D eigenvalue weighted by Gasteiger charge is 2.13. The highest BCUT2D eigenvalue weighted by atomic mass is 16.4. The van der Waals surface area contributed by atoms with E-state index >= 15 is 0 Å². The summed E-state index contributed by atoms with van der Waals surface area (Å²) in [4.78, 5) is 10.9. The fourth-order valence-corrected chi connectivity index (χ4v) is 2.53. The van der Waals surface area contributed by atoms with Crippen molar-refractivity contribution in [1.82, 2.24) is 4.57 Å². The SMILES string of the molecule is [B]c1cc(-c2cn(-c3ccc(C(=O)O)cc3)cc2C#N)cc([B])c1O. The molecule has 25 heavy (non-hydrogen) atoms. The molecule has 0 aliphatic rings. The number of phenols is 1. The molecule has 1 aromatic heterocycles. The molecule has 0 saturated heterocycles. The Morgan fingerprint density at radius 1 is 1.08 bits per heavy atom. The second kappa shape index (κ2) is 6.25. The Labute approximate surface area is 146 Å². The van der Waals surface area contributed by atoms with Gasteiger partial charge in [0.1, 0.15) is 27.5 Å². The summed E-state index contributed by atoms with van der Waals surface area (Å²) in [6, 6.07) is 11.5. The van der Waals surface area contributed by atoms with E-state index in [0.717, 1.165) is 0 Å². The van der Waals surface area contributed by atoms with Crippen LogP contribution < -0.4 is 10.9 Å². The van der Waals surface area contributed by atoms with Crippen molar-refractivity contribution >= 4 is 32.6 Å². The number of benzene rings is 2. The van der Waals surface area contributed by atoms with Gasteiger partial charge in [-0.05, 0) is 29.8 Å². The number of carboxylic acids is 1. The molecule has 3 aromatic rings. The van der Waals surface area contributed by atoms with Gasteiger partial charge in [-0.2, -0.15) is 5.26 Å². The molecule has 0 spiro atoms. The van der Waals surface area contributed by atoms with Gasteiger partial charge in [-0.25, -0.2) is 4.79 Å². The van der Waals surface area contributed by atoms with Crippen LogP contribution in [0.5, 0.6) is 5.75 Å². The van der Waals surface area contributed by atoms with E-state index in [-0.39, 0.29) is 22.2 Å². The molecule has 2 N–H and O–H groups in total. The van der Waals surface area contributed by atoms with Crippen LogP contribution in [-0.4, -0.2) is 36.4 Å². The number of aromatic nitrogens is 1. The van der Waals surface area contributed by atoms with Gasteiger partial charge in [-0.15, -0.1) is 0 Å². The van der Waals surface area contributed by atoms with Gasteiger partial charge in [0.15, 0.2) is 0 Å². The summed E-state index contributed by atoms with van der Waals surface area (Å²) in [5.74, 6) is -1.20. The third kappa shape index (κ3) is 3.02. The van der Waals surface area contributed by atoms with Crippen LogP contribution in [0.15, 0.2) is 48.8 Å². The maximum atomic E-state index is 10.9. The number of aromatic carboxylic acids is 1. The summed E-state index contributed by atoms with van der Waals surface area (Å²) in [5.41, 5.74) is 2.72. The van der Waals surface area contributed by atoms with Crippen LogP contribution in [0.2, 0.25) is 0 Å². The van der Waals surface area contributed by atoms with Crippen LogP contribution in [0, 0.1) is 11.3 Å².